The van der Waals surface area contributed by atoms with Gasteiger partial charge in [-0.15, -0.1) is 0 Å². The molecule has 0 aliphatic heterocycles. The van der Waals surface area contributed by atoms with Gasteiger partial charge in [0.05, 0.1) is 0 Å². The summed E-state index contributed by atoms with van der Waals surface area (Å²) in [6.45, 7) is 2.32. The van der Waals surface area contributed by atoms with Crippen LogP contribution >= 0.6 is 11.6 Å². The number of hydrogen-bond acceptors (Lipinski definition) is 3. The van der Waals surface area contributed by atoms with Crippen LogP contribution in [-0.4, -0.2) is 11.0 Å². The second-order valence-corrected chi connectivity index (χ2v) is 4.79. The molecule has 0 aromatic heterocycles. The number of halogens is 1. The topological polar surface area (TPSA) is 67.8 Å². The number of nitrogens with zero attached hydrogens (tertiary/aromatic N) is 1. The fourth-order valence-corrected chi connectivity index (χ4v) is 1.87. The molecule has 0 unspecified atom stereocenters. The maximum atomic E-state index is 8.66. The molecule has 0 amide bonds. The number of amidine groups is 1. The molecule has 0 spiro atoms. The monoisotopic (exact) mass is 290 g/mol. The number of aryl methyl sites for hydroxylation is 1. The van der Waals surface area contributed by atoms with Crippen LogP contribution in [0.4, 0.5) is 0 Å². The quantitative estimate of drug-likeness (QED) is 0.393. The van der Waals surface area contributed by atoms with E-state index in [1.54, 1.807) is 12.1 Å². The van der Waals surface area contributed by atoms with Gasteiger partial charge in [0.15, 0.2) is 5.84 Å². The molecule has 20 heavy (non-hydrogen) atoms. The molecule has 0 aliphatic carbocycles. The molecule has 2 aromatic carbocycles. The Morgan fingerprint density at radius 3 is 2.80 bits per heavy atom. The zero-order valence-electron chi connectivity index (χ0n) is 11.0. The van der Waals surface area contributed by atoms with Gasteiger partial charge in [0.2, 0.25) is 0 Å². The van der Waals surface area contributed by atoms with E-state index in [4.69, 9.17) is 27.3 Å². The van der Waals surface area contributed by atoms with Crippen molar-refractivity contribution in [2.75, 3.05) is 0 Å². The van der Waals surface area contributed by atoms with Gasteiger partial charge in [-0.3, -0.25) is 0 Å². The zero-order valence-corrected chi connectivity index (χ0v) is 11.8. The molecule has 3 N–H and O–H groups in total. The Hall–Kier alpha value is -2.20. The van der Waals surface area contributed by atoms with Crippen LogP contribution in [0.25, 0.3) is 0 Å². The lowest BCUT2D eigenvalue weighted by molar-refractivity contribution is 0.306. The second-order valence-electron chi connectivity index (χ2n) is 4.39. The molecular formula is C15H15ClN2O2. The highest BCUT2D eigenvalue weighted by Crippen LogP contribution is 2.21. The van der Waals surface area contributed by atoms with Crippen molar-refractivity contribution >= 4 is 17.4 Å². The third-order valence-corrected chi connectivity index (χ3v) is 3.29. The van der Waals surface area contributed by atoms with E-state index in [-0.39, 0.29) is 5.84 Å². The molecule has 5 heteroatoms. The fourth-order valence-electron chi connectivity index (χ4n) is 1.75. The first-order chi connectivity index (χ1) is 9.60. The van der Waals surface area contributed by atoms with Gasteiger partial charge in [-0.2, -0.15) is 0 Å². The van der Waals surface area contributed by atoms with Crippen molar-refractivity contribution in [2.24, 2.45) is 10.9 Å². The van der Waals surface area contributed by atoms with Crippen molar-refractivity contribution in [1.29, 1.82) is 0 Å². The average molecular weight is 291 g/mol. The third kappa shape index (κ3) is 3.42. The first-order valence-electron chi connectivity index (χ1n) is 6.06. The molecule has 0 heterocycles. The van der Waals surface area contributed by atoms with Gasteiger partial charge in [0.25, 0.3) is 0 Å². The van der Waals surface area contributed by atoms with E-state index in [9.17, 15) is 0 Å². The summed E-state index contributed by atoms with van der Waals surface area (Å²) in [6.07, 6.45) is 0. The summed E-state index contributed by atoms with van der Waals surface area (Å²) in [5.41, 5.74) is 8.10. The number of rotatable bonds is 4. The zero-order chi connectivity index (χ0) is 14.5. The van der Waals surface area contributed by atoms with Crippen LogP contribution in [0.2, 0.25) is 5.02 Å². The Morgan fingerprint density at radius 1 is 1.30 bits per heavy atom. The van der Waals surface area contributed by atoms with Gasteiger partial charge in [0.1, 0.15) is 12.4 Å². The molecule has 0 fully saturated rings. The lowest BCUT2D eigenvalue weighted by Gasteiger charge is -2.09. The fraction of sp³-hybridized carbons (Fsp3) is 0.133. The highest BCUT2D eigenvalue weighted by atomic mass is 35.5. The van der Waals surface area contributed by atoms with Gasteiger partial charge in [-0.25, -0.2) is 0 Å². The largest absolute Gasteiger partial charge is 0.489 e. The maximum absolute atomic E-state index is 8.66. The summed E-state index contributed by atoms with van der Waals surface area (Å²) in [5.74, 6) is 0.829. The Morgan fingerprint density at radius 2 is 2.10 bits per heavy atom. The highest BCUT2D eigenvalue weighted by Gasteiger charge is 2.03. The van der Waals surface area contributed by atoms with E-state index >= 15 is 0 Å². The van der Waals surface area contributed by atoms with Gasteiger partial charge >= 0.3 is 0 Å². The van der Waals surface area contributed by atoms with Crippen LogP contribution < -0.4 is 10.5 Å². The minimum atomic E-state index is 0.0780. The van der Waals surface area contributed by atoms with Crippen LogP contribution in [0.5, 0.6) is 5.75 Å². The lowest BCUT2D eigenvalue weighted by Crippen LogP contribution is -2.13. The van der Waals surface area contributed by atoms with Crippen LogP contribution in [0.1, 0.15) is 16.7 Å². The molecule has 2 rings (SSSR count). The average Bonchev–Trinajstić information content (AvgIpc) is 2.48. The lowest BCUT2D eigenvalue weighted by atomic mass is 10.1. The van der Waals surface area contributed by atoms with Crippen LogP contribution in [-0.2, 0) is 6.61 Å². The molecule has 0 saturated carbocycles. The number of hydrogen-bond donors (Lipinski definition) is 2. The van der Waals surface area contributed by atoms with Crippen molar-refractivity contribution < 1.29 is 9.94 Å². The van der Waals surface area contributed by atoms with E-state index in [2.05, 4.69) is 5.16 Å². The van der Waals surface area contributed by atoms with E-state index in [0.717, 1.165) is 16.9 Å². The second kappa shape index (κ2) is 6.30. The molecule has 0 aliphatic rings. The first-order valence-corrected chi connectivity index (χ1v) is 6.43. The smallest absolute Gasteiger partial charge is 0.170 e. The summed E-state index contributed by atoms with van der Waals surface area (Å²) in [5, 5.41) is 12.4. The summed E-state index contributed by atoms with van der Waals surface area (Å²) in [7, 11) is 0. The first kappa shape index (κ1) is 14.2. The van der Waals surface area contributed by atoms with Crippen molar-refractivity contribution in [3.63, 3.8) is 0 Å². The van der Waals surface area contributed by atoms with E-state index < -0.39 is 0 Å². The van der Waals surface area contributed by atoms with Crippen molar-refractivity contribution in [1.82, 2.24) is 0 Å². The van der Waals surface area contributed by atoms with Gasteiger partial charge in [-0.1, -0.05) is 35.0 Å². The van der Waals surface area contributed by atoms with Crippen LogP contribution in [0.3, 0.4) is 0 Å². The molecule has 0 bridgehead atoms. The van der Waals surface area contributed by atoms with E-state index in [0.29, 0.717) is 17.2 Å². The third-order valence-electron chi connectivity index (χ3n) is 2.87. The normalized spacial score (nSPS) is 11.4. The molecule has 2 aromatic rings. The van der Waals surface area contributed by atoms with Gasteiger partial charge in [0, 0.05) is 10.6 Å². The molecular weight excluding hydrogens is 276 g/mol. The number of nitrogens with two attached hydrogens (primary N) is 1. The number of ether oxygens (including phenoxy) is 1. The van der Waals surface area contributed by atoms with Crippen LogP contribution in [0.15, 0.2) is 47.6 Å². The Bertz CT molecular complexity index is 642. The predicted octanol–water partition coefficient (Wildman–Crippen LogP) is 3.32. The maximum Gasteiger partial charge on any atom is 0.170 e. The van der Waals surface area contributed by atoms with Crippen molar-refractivity contribution in [3.8, 4) is 5.75 Å². The predicted molar refractivity (Wildman–Crippen MR) is 79.5 cm³/mol. The van der Waals surface area contributed by atoms with E-state index in [1.807, 2.05) is 37.3 Å². The summed E-state index contributed by atoms with van der Waals surface area (Å²) >= 11 is 5.96. The summed E-state index contributed by atoms with van der Waals surface area (Å²) in [6, 6.07) is 12.8. The Balaban J connectivity index is 2.09. The summed E-state index contributed by atoms with van der Waals surface area (Å²) < 4.78 is 5.69. The van der Waals surface area contributed by atoms with Crippen LogP contribution in [0, 0.1) is 6.92 Å². The molecule has 4 nitrogen and oxygen atoms in total. The van der Waals surface area contributed by atoms with Crippen molar-refractivity contribution in [3.05, 3.63) is 64.2 Å². The summed E-state index contributed by atoms with van der Waals surface area (Å²) in [4.78, 5) is 0. The minimum Gasteiger partial charge on any atom is -0.489 e. The van der Waals surface area contributed by atoms with Gasteiger partial charge in [-0.05, 0) is 42.3 Å². The Labute approximate surface area is 122 Å². The molecule has 104 valence electrons. The molecule has 0 saturated heterocycles. The number of benzene rings is 2. The van der Waals surface area contributed by atoms with E-state index in [1.165, 1.54) is 0 Å². The van der Waals surface area contributed by atoms with Gasteiger partial charge < -0.3 is 15.7 Å². The molecule has 0 atom stereocenters. The highest BCUT2D eigenvalue weighted by molar-refractivity contribution is 6.31. The Kier molecular flexibility index (Phi) is 4.48. The van der Waals surface area contributed by atoms with Crippen molar-refractivity contribution in [2.45, 2.75) is 13.5 Å². The standard InChI is InChI=1S/C15H15ClN2O2/c1-10-7-13(5-6-14(10)16)20-9-11-3-2-4-12(8-11)15(17)18-19/h2-8,19H,9H2,1H3,(H2,17,18). The minimum absolute atomic E-state index is 0.0780. The molecule has 0 radical (unpaired) electrons. The number of oxime groups is 1. The SMILES string of the molecule is Cc1cc(OCc2cccc(/C(N)=N/O)c2)ccc1Cl.